The molecule has 1 atom stereocenters. The number of hydrogen-bond acceptors (Lipinski definition) is 3. The summed E-state index contributed by atoms with van der Waals surface area (Å²) in [4.78, 5) is 25.9. The topological polar surface area (TPSA) is 70.7 Å². The van der Waals surface area contributed by atoms with Gasteiger partial charge in [-0.1, -0.05) is 18.2 Å². The van der Waals surface area contributed by atoms with Crippen LogP contribution in [0.15, 0.2) is 24.3 Å². The first kappa shape index (κ1) is 16.8. The van der Waals surface area contributed by atoms with Crippen LogP contribution in [0.1, 0.15) is 24.8 Å². The van der Waals surface area contributed by atoms with Crippen LogP contribution in [0.4, 0.5) is 10.5 Å². The molecule has 24 heavy (non-hydrogen) atoms. The Kier molecular flexibility index (Phi) is 5.69. The third kappa shape index (κ3) is 4.26. The zero-order valence-electron chi connectivity index (χ0n) is 13.9. The van der Waals surface area contributed by atoms with Crippen molar-refractivity contribution in [1.29, 1.82) is 0 Å². The second-order valence-corrected chi connectivity index (χ2v) is 6.39. The minimum Gasteiger partial charge on any atom is -0.381 e. The van der Waals surface area contributed by atoms with Crippen LogP contribution in [0.25, 0.3) is 0 Å². The predicted octanol–water partition coefficient (Wildman–Crippen LogP) is 1.69. The number of benzene rings is 1. The van der Waals surface area contributed by atoms with E-state index in [1.54, 1.807) is 0 Å². The Hall–Kier alpha value is -2.08. The summed E-state index contributed by atoms with van der Waals surface area (Å²) >= 11 is 0. The number of carbonyl (C=O) groups excluding carboxylic acids is 2. The molecule has 0 saturated carbocycles. The average Bonchev–Trinajstić information content (AvgIpc) is 3.26. The molecule has 2 aliphatic heterocycles. The molecule has 0 spiro atoms. The fraction of sp³-hybridized carbons (Fsp3) is 0.556. The lowest BCUT2D eigenvalue weighted by Crippen LogP contribution is -2.39. The first-order valence-corrected chi connectivity index (χ1v) is 8.72. The lowest BCUT2D eigenvalue weighted by Gasteiger charge is -2.17. The van der Waals surface area contributed by atoms with E-state index < -0.39 is 0 Å². The number of amides is 3. The second kappa shape index (κ2) is 8.15. The summed E-state index contributed by atoms with van der Waals surface area (Å²) in [5, 5.41) is 5.67. The monoisotopic (exact) mass is 331 g/mol. The van der Waals surface area contributed by atoms with Crippen LogP contribution < -0.4 is 15.5 Å². The maximum absolute atomic E-state index is 12.3. The largest absolute Gasteiger partial charge is 0.381 e. The number of anilines is 1. The molecule has 0 unspecified atom stereocenters. The quantitative estimate of drug-likeness (QED) is 0.779. The van der Waals surface area contributed by atoms with Crippen LogP contribution in [0.3, 0.4) is 0 Å². The highest BCUT2D eigenvalue weighted by Crippen LogP contribution is 2.27. The first-order valence-electron chi connectivity index (χ1n) is 8.72. The maximum Gasteiger partial charge on any atom is 0.314 e. The van der Waals surface area contributed by atoms with E-state index in [1.807, 2.05) is 23.1 Å². The number of para-hydroxylation sites is 1. The van der Waals surface area contributed by atoms with Gasteiger partial charge < -0.3 is 20.3 Å². The van der Waals surface area contributed by atoms with Gasteiger partial charge >= 0.3 is 6.03 Å². The molecular formula is C18H25N3O3. The van der Waals surface area contributed by atoms with Crippen LogP contribution >= 0.6 is 0 Å². The number of nitrogens with zero attached hydrogens (tertiary/aromatic N) is 1. The van der Waals surface area contributed by atoms with E-state index in [4.69, 9.17) is 4.74 Å². The smallest absolute Gasteiger partial charge is 0.314 e. The van der Waals surface area contributed by atoms with Gasteiger partial charge in [-0.05, 0) is 30.9 Å². The molecule has 6 heteroatoms. The number of urea groups is 1. The number of hydrogen-bond donors (Lipinski definition) is 2. The lowest BCUT2D eigenvalue weighted by atomic mass is 10.1. The summed E-state index contributed by atoms with van der Waals surface area (Å²) in [6.45, 7) is 3.43. The van der Waals surface area contributed by atoms with Crippen molar-refractivity contribution in [2.45, 2.75) is 25.7 Å². The van der Waals surface area contributed by atoms with Crippen molar-refractivity contribution in [3.63, 3.8) is 0 Å². The standard InChI is InChI=1S/C18H25N3O3/c22-17(21-10-7-15-4-1-2-5-16(15)21)6-3-9-19-18(23)20-12-14-8-11-24-13-14/h1-2,4-5,14H,3,6-13H2,(H2,19,20,23)/t14-/m1/s1. The highest BCUT2D eigenvalue weighted by atomic mass is 16.5. The van der Waals surface area contributed by atoms with Gasteiger partial charge in [0, 0.05) is 44.3 Å². The van der Waals surface area contributed by atoms with E-state index in [2.05, 4.69) is 16.7 Å². The highest BCUT2D eigenvalue weighted by molar-refractivity contribution is 5.95. The van der Waals surface area contributed by atoms with Gasteiger partial charge in [0.15, 0.2) is 0 Å². The molecule has 3 amide bonds. The lowest BCUT2D eigenvalue weighted by molar-refractivity contribution is -0.118. The fourth-order valence-electron chi connectivity index (χ4n) is 3.22. The van der Waals surface area contributed by atoms with Crippen LogP contribution in [-0.4, -0.2) is 44.8 Å². The zero-order valence-corrected chi connectivity index (χ0v) is 13.9. The number of ether oxygens (including phenoxy) is 1. The molecule has 3 rings (SSSR count). The molecule has 2 N–H and O–H groups in total. The molecule has 1 aromatic carbocycles. The molecule has 1 fully saturated rings. The van der Waals surface area contributed by atoms with Gasteiger partial charge in [-0.15, -0.1) is 0 Å². The molecule has 1 aromatic rings. The normalized spacial score (nSPS) is 19.2. The van der Waals surface area contributed by atoms with E-state index >= 15 is 0 Å². The van der Waals surface area contributed by atoms with Gasteiger partial charge in [-0.25, -0.2) is 4.79 Å². The molecule has 2 aliphatic rings. The van der Waals surface area contributed by atoms with Gasteiger partial charge in [-0.3, -0.25) is 4.79 Å². The van der Waals surface area contributed by atoms with Crippen molar-refractivity contribution >= 4 is 17.6 Å². The average molecular weight is 331 g/mol. The van der Waals surface area contributed by atoms with Gasteiger partial charge in [-0.2, -0.15) is 0 Å². The van der Waals surface area contributed by atoms with Crippen molar-refractivity contribution in [3.8, 4) is 0 Å². The Labute approximate surface area is 142 Å². The zero-order chi connectivity index (χ0) is 16.8. The second-order valence-electron chi connectivity index (χ2n) is 6.39. The maximum atomic E-state index is 12.3. The summed E-state index contributed by atoms with van der Waals surface area (Å²) < 4.78 is 5.27. The third-order valence-electron chi connectivity index (χ3n) is 4.62. The number of carbonyl (C=O) groups is 2. The summed E-state index contributed by atoms with van der Waals surface area (Å²) in [5.41, 5.74) is 2.27. The van der Waals surface area contributed by atoms with Gasteiger partial charge in [0.1, 0.15) is 0 Å². The van der Waals surface area contributed by atoms with Crippen LogP contribution in [0.2, 0.25) is 0 Å². The van der Waals surface area contributed by atoms with Crippen LogP contribution in [-0.2, 0) is 16.0 Å². The van der Waals surface area contributed by atoms with Crippen molar-refractivity contribution in [2.75, 3.05) is 37.7 Å². The molecule has 0 radical (unpaired) electrons. The van der Waals surface area contributed by atoms with Crippen molar-refractivity contribution in [2.24, 2.45) is 5.92 Å². The summed E-state index contributed by atoms with van der Waals surface area (Å²) in [7, 11) is 0. The van der Waals surface area contributed by atoms with Crippen molar-refractivity contribution in [3.05, 3.63) is 29.8 Å². The predicted molar refractivity (Wildman–Crippen MR) is 92.1 cm³/mol. The van der Waals surface area contributed by atoms with Crippen LogP contribution in [0, 0.1) is 5.92 Å². The van der Waals surface area contributed by atoms with Gasteiger partial charge in [0.2, 0.25) is 5.91 Å². The minimum atomic E-state index is -0.166. The van der Waals surface area contributed by atoms with E-state index in [0.29, 0.717) is 31.8 Å². The molecule has 0 aromatic heterocycles. The molecule has 0 aliphatic carbocycles. The van der Waals surface area contributed by atoms with E-state index in [9.17, 15) is 9.59 Å². The first-order chi connectivity index (χ1) is 11.7. The highest BCUT2D eigenvalue weighted by Gasteiger charge is 2.23. The number of rotatable bonds is 6. The Bertz CT molecular complexity index is 585. The van der Waals surface area contributed by atoms with E-state index in [1.165, 1.54) is 5.56 Å². The SMILES string of the molecule is O=C(NCCCC(=O)N1CCc2ccccc21)NC[C@H]1CCOC1. The third-order valence-corrected chi connectivity index (χ3v) is 4.62. The Morgan fingerprint density at radius 1 is 1.25 bits per heavy atom. The number of fused-ring (bicyclic) bond motifs is 1. The molecular weight excluding hydrogens is 306 g/mol. The number of nitrogens with one attached hydrogen (secondary N) is 2. The molecule has 130 valence electrons. The molecule has 6 nitrogen and oxygen atoms in total. The molecule has 0 bridgehead atoms. The molecule has 2 heterocycles. The van der Waals surface area contributed by atoms with Crippen molar-refractivity contribution < 1.29 is 14.3 Å². The summed E-state index contributed by atoms with van der Waals surface area (Å²) in [5.74, 6) is 0.554. The van der Waals surface area contributed by atoms with Gasteiger partial charge in [0.05, 0.1) is 6.61 Å². The Balaban J connectivity index is 1.32. The van der Waals surface area contributed by atoms with Crippen molar-refractivity contribution in [1.82, 2.24) is 10.6 Å². The fourth-order valence-corrected chi connectivity index (χ4v) is 3.22. The minimum absolute atomic E-state index is 0.130. The van der Waals surface area contributed by atoms with E-state index in [0.717, 1.165) is 38.3 Å². The molecule has 1 saturated heterocycles. The Morgan fingerprint density at radius 2 is 2.12 bits per heavy atom. The Morgan fingerprint density at radius 3 is 2.96 bits per heavy atom. The summed E-state index contributed by atoms with van der Waals surface area (Å²) in [6.07, 6.45) is 3.03. The van der Waals surface area contributed by atoms with Gasteiger partial charge in [0.25, 0.3) is 0 Å². The summed E-state index contributed by atoms with van der Waals surface area (Å²) in [6, 6.07) is 7.88. The van der Waals surface area contributed by atoms with Crippen LogP contribution in [0.5, 0.6) is 0 Å². The van der Waals surface area contributed by atoms with E-state index in [-0.39, 0.29) is 11.9 Å².